The van der Waals surface area contributed by atoms with Crippen LogP contribution in [-0.4, -0.2) is 11.8 Å². The van der Waals surface area contributed by atoms with Crippen LogP contribution in [-0.2, 0) is 9.59 Å². The van der Waals surface area contributed by atoms with E-state index in [4.69, 9.17) is 5.73 Å². The minimum atomic E-state index is -0.722. The Bertz CT molecular complexity index is 914. The maximum Gasteiger partial charge on any atom is 0.277 e. The topological polar surface area (TPSA) is 99.2 Å². The van der Waals surface area contributed by atoms with Crippen LogP contribution in [0.3, 0.4) is 0 Å². The van der Waals surface area contributed by atoms with E-state index in [9.17, 15) is 14.9 Å². The minimum absolute atomic E-state index is 0.204. The number of aryl methyl sites for hydroxylation is 1. The summed E-state index contributed by atoms with van der Waals surface area (Å²) in [4.78, 5) is 25.6. The first-order chi connectivity index (χ1) is 12.3. The fourth-order valence-electron chi connectivity index (χ4n) is 2.21. The molecule has 0 unspecified atom stereocenters. The van der Waals surface area contributed by atoms with Gasteiger partial charge in [-0.2, -0.15) is 5.26 Å². The number of halogens is 1. The molecule has 0 spiro atoms. The van der Waals surface area contributed by atoms with Gasteiger partial charge in [0, 0.05) is 23.3 Å². The predicted molar refractivity (Wildman–Crippen MR) is 105 cm³/mol. The van der Waals surface area contributed by atoms with Crippen LogP contribution in [0.4, 0.5) is 17.1 Å². The largest absolute Gasteiger partial charge is 0.399 e. The standard InChI is InChI=1S/C19H17BrN4O2/c1-12-3-8-18(17(20)9-12)23-11-14(10-21)19(26)24(13(2)25)16-6-4-15(22)5-7-16/h3-9,11,23H,22H2,1-2H3/b14-11-. The zero-order chi connectivity index (χ0) is 19.3. The van der Waals surface area contributed by atoms with E-state index in [1.54, 1.807) is 24.3 Å². The van der Waals surface area contributed by atoms with E-state index in [1.807, 2.05) is 31.2 Å². The third-order valence-corrected chi connectivity index (χ3v) is 4.17. The van der Waals surface area contributed by atoms with Crippen LogP contribution in [0.1, 0.15) is 12.5 Å². The van der Waals surface area contributed by atoms with Crippen molar-refractivity contribution in [1.29, 1.82) is 5.26 Å². The molecule has 0 fully saturated rings. The number of hydrogen-bond acceptors (Lipinski definition) is 5. The van der Waals surface area contributed by atoms with Gasteiger partial charge in [0.25, 0.3) is 5.91 Å². The predicted octanol–water partition coefficient (Wildman–Crippen LogP) is 3.74. The van der Waals surface area contributed by atoms with Crippen LogP contribution in [0, 0.1) is 18.3 Å². The van der Waals surface area contributed by atoms with Crippen molar-refractivity contribution in [2.75, 3.05) is 16.0 Å². The molecule has 0 heterocycles. The SMILES string of the molecule is CC(=O)N(C(=O)/C(C#N)=C\Nc1ccc(C)cc1Br)c1ccc(N)cc1. The Kier molecular flexibility index (Phi) is 6.15. The van der Waals surface area contributed by atoms with E-state index in [1.165, 1.54) is 13.1 Å². The van der Waals surface area contributed by atoms with Crippen LogP contribution in [0.5, 0.6) is 0 Å². The summed E-state index contributed by atoms with van der Waals surface area (Å²) in [5, 5.41) is 12.3. The van der Waals surface area contributed by atoms with Gasteiger partial charge in [-0.05, 0) is 64.8 Å². The normalized spacial score (nSPS) is 10.8. The Morgan fingerprint density at radius 3 is 2.42 bits per heavy atom. The molecular weight excluding hydrogens is 396 g/mol. The molecule has 0 saturated carbocycles. The average Bonchev–Trinajstić information content (AvgIpc) is 2.58. The maximum atomic E-state index is 12.7. The van der Waals surface area contributed by atoms with Gasteiger partial charge in [0.15, 0.2) is 0 Å². The van der Waals surface area contributed by atoms with E-state index in [0.717, 1.165) is 14.9 Å². The highest BCUT2D eigenvalue weighted by Crippen LogP contribution is 2.24. The number of imide groups is 1. The lowest BCUT2D eigenvalue weighted by Crippen LogP contribution is -2.36. The van der Waals surface area contributed by atoms with E-state index >= 15 is 0 Å². The number of benzene rings is 2. The van der Waals surface area contributed by atoms with Crippen molar-refractivity contribution >= 4 is 44.8 Å². The second-order valence-electron chi connectivity index (χ2n) is 5.55. The molecule has 26 heavy (non-hydrogen) atoms. The van der Waals surface area contributed by atoms with Crippen molar-refractivity contribution < 1.29 is 9.59 Å². The maximum absolute atomic E-state index is 12.7. The molecule has 0 aliphatic carbocycles. The second-order valence-corrected chi connectivity index (χ2v) is 6.40. The van der Waals surface area contributed by atoms with Gasteiger partial charge in [0.2, 0.25) is 5.91 Å². The van der Waals surface area contributed by atoms with E-state index in [2.05, 4.69) is 21.2 Å². The summed E-state index contributed by atoms with van der Waals surface area (Å²) in [6.45, 7) is 3.21. The summed E-state index contributed by atoms with van der Waals surface area (Å²) in [5.74, 6) is -1.22. The smallest absolute Gasteiger partial charge is 0.277 e. The fourth-order valence-corrected chi connectivity index (χ4v) is 2.82. The highest BCUT2D eigenvalue weighted by Gasteiger charge is 2.24. The molecule has 0 aliphatic rings. The van der Waals surface area contributed by atoms with Gasteiger partial charge in [-0.15, -0.1) is 0 Å². The van der Waals surface area contributed by atoms with Gasteiger partial charge < -0.3 is 11.1 Å². The molecule has 132 valence electrons. The molecule has 0 atom stereocenters. The number of rotatable bonds is 4. The Morgan fingerprint density at radius 1 is 1.23 bits per heavy atom. The van der Waals surface area contributed by atoms with Crippen molar-refractivity contribution in [2.24, 2.45) is 0 Å². The zero-order valence-corrected chi connectivity index (χ0v) is 15.9. The lowest BCUT2D eigenvalue weighted by Gasteiger charge is -2.19. The summed E-state index contributed by atoms with van der Waals surface area (Å²) < 4.78 is 0.792. The Hall–Kier alpha value is -3.11. The molecule has 3 N–H and O–H groups in total. The number of nitrogen functional groups attached to an aromatic ring is 1. The molecule has 0 aromatic heterocycles. The molecule has 0 radical (unpaired) electrons. The number of nitriles is 1. The van der Waals surface area contributed by atoms with Gasteiger partial charge in [-0.1, -0.05) is 6.07 Å². The quantitative estimate of drug-likeness (QED) is 0.452. The number of hydrogen-bond donors (Lipinski definition) is 2. The number of nitrogens with two attached hydrogens (primary N) is 1. The number of nitrogens with one attached hydrogen (secondary N) is 1. The number of amides is 2. The highest BCUT2D eigenvalue weighted by molar-refractivity contribution is 9.10. The number of carbonyl (C=O) groups excluding carboxylic acids is 2. The van der Waals surface area contributed by atoms with Gasteiger partial charge in [0.1, 0.15) is 11.6 Å². The van der Waals surface area contributed by atoms with Gasteiger partial charge in [-0.3, -0.25) is 9.59 Å². The third kappa shape index (κ3) is 4.49. The Balaban J connectivity index is 2.31. The second kappa shape index (κ2) is 8.32. The van der Waals surface area contributed by atoms with Crippen LogP contribution in [0.2, 0.25) is 0 Å². The number of carbonyl (C=O) groups is 2. The molecule has 2 amide bonds. The molecule has 0 bridgehead atoms. The Labute approximate surface area is 160 Å². The molecule has 2 aromatic rings. The van der Waals surface area contributed by atoms with Crippen molar-refractivity contribution in [3.05, 3.63) is 64.3 Å². The van der Waals surface area contributed by atoms with Crippen molar-refractivity contribution in [3.63, 3.8) is 0 Å². The monoisotopic (exact) mass is 412 g/mol. The molecule has 6 nitrogen and oxygen atoms in total. The van der Waals surface area contributed by atoms with E-state index in [-0.39, 0.29) is 5.57 Å². The summed E-state index contributed by atoms with van der Waals surface area (Å²) in [6.07, 6.45) is 1.28. The lowest BCUT2D eigenvalue weighted by atomic mass is 10.2. The highest BCUT2D eigenvalue weighted by atomic mass is 79.9. The summed E-state index contributed by atoms with van der Waals surface area (Å²) in [6, 6.07) is 13.7. The third-order valence-electron chi connectivity index (χ3n) is 3.52. The molecular formula is C19H17BrN4O2. The van der Waals surface area contributed by atoms with Gasteiger partial charge in [-0.25, -0.2) is 4.90 Å². The van der Waals surface area contributed by atoms with Crippen LogP contribution < -0.4 is 16.0 Å². The van der Waals surface area contributed by atoms with E-state index in [0.29, 0.717) is 17.1 Å². The lowest BCUT2D eigenvalue weighted by molar-refractivity contribution is -0.123. The average molecular weight is 413 g/mol. The first-order valence-corrected chi connectivity index (χ1v) is 8.46. The summed E-state index contributed by atoms with van der Waals surface area (Å²) >= 11 is 3.42. The van der Waals surface area contributed by atoms with E-state index < -0.39 is 11.8 Å². The fraction of sp³-hybridized carbons (Fsp3) is 0.105. The van der Waals surface area contributed by atoms with Crippen LogP contribution in [0.15, 0.2) is 58.7 Å². The van der Waals surface area contributed by atoms with Gasteiger partial charge in [0.05, 0.1) is 11.4 Å². The molecule has 7 heteroatoms. The summed E-state index contributed by atoms with van der Waals surface area (Å²) in [7, 11) is 0. The van der Waals surface area contributed by atoms with Crippen molar-refractivity contribution in [3.8, 4) is 6.07 Å². The summed E-state index contributed by atoms with van der Waals surface area (Å²) in [5.41, 5.74) is 8.04. The van der Waals surface area contributed by atoms with Crippen LogP contribution >= 0.6 is 15.9 Å². The minimum Gasteiger partial charge on any atom is -0.399 e. The van der Waals surface area contributed by atoms with Crippen molar-refractivity contribution in [2.45, 2.75) is 13.8 Å². The Morgan fingerprint density at radius 2 is 1.88 bits per heavy atom. The molecule has 2 aromatic carbocycles. The molecule has 0 saturated heterocycles. The number of nitrogens with zero attached hydrogens (tertiary/aromatic N) is 2. The molecule has 2 rings (SSSR count). The van der Waals surface area contributed by atoms with Crippen molar-refractivity contribution in [1.82, 2.24) is 0 Å². The number of anilines is 3. The first-order valence-electron chi connectivity index (χ1n) is 7.67. The van der Waals surface area contributed by atoms with Crippen LogP contribution in [0.25, 0.3) is 0 Å². The van der Waals surface area contributed by atoms with Gasteiger partial charge >= 0.3 is 0 Å². The first kappa shape index (κ1) is 19.2. The zero-order valence-electron chi connectivity index (χ0n) is 14.3. The molecule has 0 aliphatic heterocycles.